The van der Waals surface area contributed by atoms with Crippen molar-refractivity contribution in [3.05, 3.63) is 24.3 Å². The average Bonchev–Trinajstić information content (AvgIpc) is 3.07. The van der Waals surface area contributed by atoms with Crippen molar-refractivity contribution in [3.63, 3.8) is 0 Å². The predicted octanol–water partition coefficient (Wildman–Crippen LogP) is 1.67. The molecule has 0 aliphatic carbocycles. The number of aliphatic hydroxyl groups excluding tert-OH is 1. The van der Waals surface area contributed by atoms with E-state index in [-0.39, 0.29) is 42.2 Å². The molecule has 4 aliphatic heterocycles. The summed E-state index contributed by atoms with van der Waals surface area (Å²) in [5.41, 5.74) is 0. The molecule has 176 valence electrons. The first kappa shape index (κ1) is 23.4. The zero-order valence-electron chi connectivity index (χ0n) is 19.3. The third kappa shape index (κ3) is 3.50. The Morgan fingerprint density at radius 3 is 2.56 bits per heavy atom. The summed E-state index contributed by atoms with van der Waals surface area (Å²) >= 11 is 1.60. The molecule has 0 aromatic heterocycles. The summed E-state index contributed by atoms with van der Waals surface area (Å²) in [6.45, 7) is 7.83. The average molecular weight is 462 g/mol. The molecule has 4 heterocycles. The Balaban J connectivity index is 1.78. The molecule has 0 radical (unpaired) electrons. The summed E-state index contributed by atoms with van der Waals surface area (Å²) < 4.78 is -0.783. The highest BCUT2D eigenvalue weighted by molar-refractivity contribution is 8.02. The van der Waals surface area contributed by atoms with Crippen molar-refractivity contribution in [1.29, 1.82) is 0 Å². The fourth-order valence-corrected chi connectivity index (χ4v) is 8.00. The maximum Gasteiger partial charge on any atom is 0.247 e. The second-order valence-electron chi connectivity index (χ2n) is 9.34. The van der Waals surface area contributed by atoms with Gasteiger partial charge in [0, 0.05) is 37.5 Å². The number of carbonyl (C=O) groups excluding carboxylic acids is 3. The van der Waals surface area contributed by atoms with Gasteiger partial charge in [-0.1, -0.05) is 44.6 Å². The van der Waals surface area contributed by atoms with Crippen LogP contribution < -0.4 is 0 Å². The number of β-amino-alcohol motifs (C(OH)–C–C–N with tert-alkyl or cyclic N) is 1. The fourth-order valence-electron chi connectivity index (χ4n) is 6.00. The van der Waals surface area contributed by atoms with Crippen LogP contribution in [0.2, 0.25) is 0 Å². The lowest BCUT2D eigenvalue weighted by Gasteiger charge is -2.37. The Hall–Kier alpha value is -1.80. The summed E-state index contributed by atoms with van der Waals surface area (Å²) in [4.78, 5) is 46.6. The van der Waals surface area contributed by atoms with Gasteiger partial charge in [0.05, 0.1) is 23.2 Å². The van der Waals surface area contributed by atoms with Gasteiger partial charge in [0.25, 0.3) is 0 Å². The van der Waals surface area contributed by atoms with Crippen LogP contribution in [0, 0.1) is 11.8 Å². The summed E-state index contributed by atoms with van der Waals surface area (Å²) in [6.07, 6.45) is 10.9. The molecule has 7 nitrogen and oxygen atoms in total. The molecule has 32 heavy (non-hydrogen) atoms. The number of nitrogens with zero attached hydrogens (tertiary/aromatic N) is 3. The zero-order valence-corrected chi connectivity index (χ0v) is 20.1. The molecule has 0 bridgehead atoms. The lowest BCUT2D eigenvalue weighted by atomic mass is 9.78. The minimum absolute atomic E-state index is 0.00970. The summed E-state index contributed by atoms with van der Waals surface area (Å²) in [6, 6.07) is -0.626. The summed E-state index contributed by atoms with van der Waals surface area (Å²) in [7, 11) is 0. The Kier molecular flexibility index (Phi) is 6.73. The molecule has 0 aromatic rings. The van der Waals surface area contributed by atoms with Crippen LogP contribution in [-0.2, 0) is 14.4 Å². The van der Waals surface area contributed by atoms with Gasteiger partial charge >= 0.3 is 0 Å². The van der Waals surface area contributed by atoms with E-state index in [2.05, 4.69) is 19.9 Å². The minimum atomic E-state index is -0.783. The molecule has 8 heteroatoms. The number of likely N-dealkylation sites (tertiary alicyclic amines) is 1. The highest BCUT2D eigenvalue weighted by Gasteiger charge is 2.70. The Labute approximate surface area is 194 Å². The minimum Gasteiger partial charge on any atom is -0.395 e. The van der Waals surface area contributed by atoms with Crippen LogP contribution in [0.3, 0.4) is 0 Å². The van der Waals surface area contributed by atoms with Crippen molar-refractivity contribution in [1.82, 2.24) is 14.7 Å². The van der Waals surface area contributed by atoms with Gasteiger partial charge in [0.2, 0.25) is 17.7 Å². The van der Waals surface area contributed by atoms with Crippen LogP contribution in [0.1, 0.15) is 40.0 Å². The van der Waals surface area contributed by atoms with Gasteiger partial charge in [-0.2, -0.15) is 0 Å². The van der Waals surface area contributed by atoms with Crippen molar-refractivity contribution in [2.24, 2.45) is 11.8 Å². The van der Waals surface area contributed by atoms with Crippen LogP contribution in [0.15, 0.2) is 24.3 Å². The van der Waals surface area contributed by atoms with Gasteiger partial charge < -0.3 is 19.8 Å². The first-order valence-corrected chi connectivity index (χ1v) is 12.8. The topological polar surface area (TPSA) is 81.2 Å². The Morgan fingerprint density at radius 2 is 1.88 bits per heavy atom. The first-order chi connectivity index (χ1) is 15.4. The summed E-state index contributed by atoms with van der Waals surface area (Å²) in [5, 5.41) is 9.59. The SMILES string of the molecule is CCCC(C)N1CC=C[C@]23S[C@@H]4C=CCN(CCC)C(=O)[C@@H]4[C@H]2C(=O)N(CCO)C3C1=O. The first-order valence-electron chi connectivity index (χ1n) is 11.9. The summed E-state index contributed by atoms with van der Waals surface area (Å²) in [5.74, 6) is -1.31. The van der Waals surface area contributed by atoms with Crippen LogP contribution in [0.4, 0.5) is 0 Å². The number of thioether (sulfide) groups is 1. The second kappa shape index (κ2) is 9.21. The lowest BCUT2D eigenvalue weighted by molar-refractivity contribution is -0.145. The highest BCUT2D eigenvalue weighted by Crippen LogP contribution is 2.61. The highest BCUT2D eigenvalue weighted by atomic mass is 32.2. The van der Waals surface area contributed by atoms with Gasteiger partial charge in [-0.25, -0.2) is 0 Å². The van der Waals surface area contributed by atoms with Gasteiger partial charge in [-0.15, -0.1) is 11.8 Å². The van der Waals surface area contributed by atoms with Gasteiger partial charge in [-0.3, -0.25) is 14.4 Å². The standard InChI is InChI=1S/C24H35N3O4S/c1-4-8-16(3)26-13-7-10-24-19(22(30)27(14-15-28)20(24)23(26)31)18-17(32-24)9-6-12-25(11-5-2)21(18)29/h6-7,9-10,16-20,28H,4-5,8,11-15H2,1-3H3/t16?,17-,18+,19+,20?,24+/m1/s1. The number of rotatable bonds is 7. The van der Waals surface area contributed by atoms with E-state index in [0.29, 0.717) is 19.6 Å². The second-order valence-corrected chi connectivity index (χ2v) is 10.8. The predicted molar refractivity (Wildman–Crippen MR) is 125 cm³/mol. The smallest absolute Gasteiger partial charge is 0.247 e. The third-order valence-corrected chi connectivity index (χ3v) is 9.09. The zero-order chi connectivity index (χ0) is 23.0. The van der Waals surface area contributed by atoms with Crippen LogP contribution >= 0.6 is 11.8 Å². The number of aliphatic hydroxyl groups is 1. The molecule has 0 saturated carbocycles. The molecular weight excluding hydrogens is 426 g/mol. The molecular formula is C24H35N3O4S. The molecule has 1 spiro atoms. The van der Waals surface area contributed by atoms with E-state index in [4.69, 9.17) is 0 Å². The van der Waals surface area contributed by atoms with E-state index in [1.165, 1.54) is 0 Å². The molecule has 3 amide bonds. The maximum atomic E-state index is 13.9. The quantitative estimate of drug-likeness (QED) is 0.584. The molecule has 4 aliphatic rings. The maximum absolute atomic E-state index is 13.9. The van der Waals surface area contributed by atoms with Crippen molar-refractivity contribution >= 4 is 29.5 Å². The number of carbonyl (C=O) groups is 3. The van der Waals surface area contributed by atoms with E-state index >= 15 is 0 Å². The van der Waals surface area contributed by atoms with E-state index in [1.54, 1.807) is 16.7 Å². The van der Waals surface area contributed by atoms with Gasteiger partial charge in [0.1, 0.15) is 6.04 Å². The normalized spacial score (nSPS) is 35.0. The monoisotopic (exact) mass is 461 g/mol. The van der Waals surface area contributed by atoms with Gasteiger partial charge in [0.15, 0.2) is 0 Å². The van der Waals surface area contributed by atoms with Crippen molar-refractivity contribution in [3.8, 4) is 0 Å². The van der Waals surface area contributed by atoms with E-state index in [9.17, 15) is 19.5 Å². The van der Waals surface area contributed by atoms with Crippen LogP contribution in [0.5, 0.6) is 0 Å². The van der Waals surface area contributed by atoms with E-state index < -0.39 is 22.6 Å². The third-order valence-electron chi connectivity index (χ3n) is 7.35. The number of amides is 3. The largest absolute Gasteiger partial charge is 0.395 e. The molecule has 2 saturated heterocycles. The molecule has 2 fully saturated rings. The van der Waals surface area contributed by atoms with Crippen molar-refractivity contribution < 1.29 is 19.5 Å². The van der Waals surface area contributed by atoms with E-state index in [1.807, 2.05) is 35.0 Å². The van der Waals surface area contributed by atoms with Crippen LogP contribution in [0.25, 0.3) is 0 Å². The molecule has 1 N–H and O–H groups in total. The van der Waals surface area contributed by atoms with Crippen molar-refractivity contribution in [2.45, 2.75) is 62.1 Å². The molecule has 6 atom stereocenters. The number of hydrogen-bond donors (Lipinski definition) is 1. The Bertz CT molecular complexity index is 830. The van der Waals surface area contributed by atoms with E-state index in [0.717, 1.165) is 19.3 Å². The van der Waals surface area contributed by atoms with Gasteiger partial charge in [-0.05, 0) is 19.8 Å². The number of fused-ring (bicyclic) bond motifs is 2. The van der Waals surface area contributed by atoms with Crippen molar-refractivity contribution in [2.75, 3.05) is 32.8 Å². The fraction of sp³-hybridized carbons (Fsp3) is 0.708. The molecule has 0 aromatic carbocycles. The molecule has 4 rings (SSSR count). The molecule has 2 unspecified atom stereocenters. The number of hydrogen-bond acceptors (Lipinski definition) is 5. The van der Waals surface area contributed by atoms with Crippen LogP contribution in [-0.4, -0.2) is 92.4 Å². The lowest BCUT2D eigenvalue weighted by Crippen LogP contribution is -2.55. The Morgan fingerprint density at radius 1 is 1.09 bits per heavy atom.